The topological polar surface area (TPSA) is 27.7 Å². The van der Waals surface area contributed by atoms with Crippen LogP contribution in [0.2, 0.25) is 0 Å². The fourth-order valence-corrected chi connectivity index (χ4v) is 1.73. The molecule has 2 saturated heterocycles. The minimum atomic E-state index is -0.170. The Morgan fingerprint density at radius 3 is 2.83 bits per heavy atom. The lowest BCUT2D eigenvalue weighted by molar-refractivity contribution is -0.133. The zero-order valence-electron chi connectivity index (χ0n) is 6.87. The largest absolute Gasteiger partial charge is 0.373 e. The Bertz CT molecular complexity index is 147. The van der Waals surface area contributed by atoms with Crippen molar-refractivity contribution in [2.75, 3.05) is 19.1 Å². The molecule has 2 heterocycles. The van der Waals surface area contributed by atoms with Crippen molar-refractivity contribution in [3.63, 3.8) is 0 Å². The van der Waals surface area contributed by atoms with Gasteiger partial charge in [-0.05, 0) is 12.8 Å². The van der Waals surface area contributed by atoms with E-state index in [1.165, 1.54) is 0 Å². The lowest BCUT2D eigenvalue weighted by atomic mass is 10.2. The van der Waals surface area contributed by atoms with E-state index in [1.807, 2.05) is 0 Å². The van der Waals surface area contributed by atoms with Crippen molar-refractivity contribution in [3.8, 4) is 0 Å². The van der Waals surface area contributed by atoms with Gasteiger partial charge in [0.2, 0.25) is 0 Å². The molecule has 2 aliphatic rings. The number of hydrogen-bond acceptors (Lipinski definition) is 3. The van der Waals surface area contributed by atoms with Crippen molar-refractivity contribution in [2.24, 2.45) is 0 Å². The van der Waals surface area contributed by atoms with Gasteiger partial charge in [0, 0.05) is 6.61 Å². The first kappa shape index (κ1) is 8.75. The van der Waals surface area contributed by atoms with E-state index in [2.05, 4.69) is 0 Å². The van der Waals surface area contributed by atoms with Crippen molar-refractivity contribution in [2.45, 2.75) is 31.3 Å². The monoisotopic (exact) mass is 192 g/mol. The predicted molar refractivity (Wildman–Crippen MR) is 44.3 cm³/mol. The van der Waals surface area contributed by atoms with E-state index < -0.39 is 0 Å². The minimum Gasteiger partial charge on any atom is -0.373 e. The van der Waals surface area contributed by atoms with Gasteiger partial charge in [0.05, 0.1) is 18.6 Å². The Labute approximate surface area is 76.9 Å². The molecule has 0 aromatic heterocycles. The van der Waals surface area contributed by atoms with Crippen LogP contribution in [0.4, 0.5) is 0 Å². The summed E-state index contributed by atoms with van der Waals surface area (Å²) in [7, 11) is 0. The molecule has 0 bridgehead atoms. The highest BCUT2D eigenvalue weighted by atomic mass is 35.5. The van der Waals surface area contributed by atoms with Gasteiger partial charge in [-0.3, -0.25) is 0 Å². The molecule has 0 amide bonds. The Balaban J connectivity index is 1.81. The summed E-state index contributed by atoms with van der Waals surface area (Å²) in [5.74, 6) is 0.503. The first-order valence-electron chi connectivity index (χ1n) is 4.35. The number of alkyl halides is 1. The molecule has 70 valence electrons. The van der Waals surface area contributed by atoms with E-state index in [0.29, 0.717) is 12.5 Å². The maximum absolute atomic E-state index is 5.63. The fourth-order valence-electron chi connectivity index (χ4n) is 1.56. The van der Waals surface area contributed by atoms with E-state index in [-0.39, 0.29) is 18.5 Å². The van der Waals surface area contributed by atoms with E-state index in [0.717, 1.165) is 19.4 Å². The molecule has 2 fully saturated rings. The van der Waals surface area contributed by atoms with Crippen LogP contribution >= 0.6 is 11.6 Å². The smallest absolute Gasteiger partial charge is 0.184 e. The minimum absolute atomic E-state index is 0.0564. The highest BCUT2D eigenvalue weighted by Gasteiger charge is 2.34. The molecular weight excluding hydrogens is 180 g/mol. The van der Waals surface area contributed by atoms with Gasteiger partial charge in [-0.1, -0.05) is 0 Å². The summed E-state index contributed by atoms with van der Waals surface area (Å²) < 4.78 is 16.4. The third-order valence-corrected chi connectivity index (χ3v) is 2.56. The van der Waals surface area contributed by atoms with E-state index in [4.69, 9.17) is 25.8 Å². The van der Waals surface area contributed by atoms with Crippen LogP contribution < -0.4 is 0 Å². The third kappa shape index (κ3) is 1.74. The van der Waals surface area contributed by atoms with Gasteiger partial charge in [-0.2, -0.15) is 0 Å². The molecular formula is C8H13ClO3. The molecule has 3 atom stereocenters. The fraction of sp³-hybridized carbons (Fsp3) is 1.00. The maximum Gasteiger partial charge on any atom is 0.184 e. The lowest BCUT2D eigenvalue weighted by Crippen LogP contribution is -2.27. The lowest BCUT2D eigenvalue weighted by Gasteiger charge is -2.16. The predicted octanol–water partition coefficient (Wildman–Crippen LogP) is 1.15. The van der Waals surface area contributed by atoms with Gasteiger partial charge in [0.25, 0.3) is 0 Å². The first-order valence-corrected chi connectivity index (χ1v) is 4.88. The van der Waals surface area contributed by atoms with Crippen LogP contribution in [0.15, 0.2) is 0 Å². The van der Waals surface area contributed by atoms with Crippen LogP contribution in [0.3, 0.4) is 0 Å². The molecule has 2 aliphatic heterocycles. The summed E-state index contributed by atoms with van der Waals surface area (Å²) in [6.07, 6.45) is 2.18. The molecule has 0 spiro atoms. The third-order valence-electron chi connectivity index (χ3n) is 2.21. The van der Waals surface area contributed by atoms with Crippen LogP contribution in [0, 0.1) is 0 Å². The second kappa shape index (κ2) is 3.92. The van der Waals surface area contributed by atoms with Gasteiger partial charge in [0.1, 0.15) is 6.10 Å². The van der Waals surface area contributed by atoms with Crippen LogP contribution in [-0.2, 0) is 14.2 Å². The molecule has 0 aromatic rings. The Morgan fingerprint density at radius 2 is 2.25 bits per heavy atom. The summed E-state index contributed by atoms with van der Waals surface area (Å²) in [5, 5.41) is 0. The number of rotatable bonds is 2. The molecule has 0 aliphatic carbocycles. The van der Waals surface area contributed by atoms with Gasteiger partial charge < -0.3 is 14.2 Å². The van der Waals surface area contributed by atoms with Gasteiger partial charge in [0.15, 0.2) is 6.29 Å². The molecule has 2 rings (SSSR count). The summed E-state index contributed by atoms with van der Waals surface area (Å²) >= 11 is 5.63. The summed E-state index contributed by atoms with van der Waals surface area (Å²) in [6.45, 7) is 1.44. The normalized spacial score (nSPS) is 42.2. The van der Waals surface area contributed by atoms with Crippen molar-refractivity contribution in [1.29, 1.82) is 0 Å². The second-order valence-corrected chi connectivity index (χ2v) is 3.47. The molecule has 0 saturated carbocycles. The average molecular weight is 193 g/mol. The van der Waals surface area contributed by atoms with Crippen LogP contribution in [-0.4, -0.2) is 37.6 Å². The number of ether oxygens (including phenoxy) is 3. The highest BCUT2D eigenvalue weighted by Crippen LogP contribution is 2.24. The van der Waals surface area contributed by atoms with Gasteiger partial charge in [-0.25, -0.2) is 0 Å². The average Bonchev–Trinajstić information content (AvgIpc) is 2.75. The zero-order chi connectivity index (χ0) is 8.39. The zero-order valence-corrected chi connectivity index (χ0v) is 7.63. The second-order valence-electron chi connectivity index (χ2n) is 3.17. The first-order chi connectivity index (χ1) is 5.90. The molecule has 12 heavy (non-hydrogen) atoms. The van der Waals surface area contributed by atoms with Gasteiger partial charge >= 0.3 is 0 Å². The quantitative estimate of drug-likeness (QED) is 0.615. The highest BCUT2D eigenvalue weighted by molar-refractivity contribution is 6.18. The van der Waals surface area contributed by atoms with Gasteiger partial charge in [-0.15, -0.1) is 11.6 Å². The van der Waals surface area contributed by atoms with E-state index >= 15 is 0 Å². The summed E-state index contributed by atoms with van der Waals surface area (Å²) in [4.78, 5) is 0. The van der Waals surface area contributed by atoms with Crippen LogP contribution in [0.25, 0.3) is 0 Å². The van der Waals surface area contributed by atoms with Crippen molar-refractivity contribution >= 4 is 11.6 Å². The number of hydrogen-bond donors (Lipinski definition) is 0. The van der Waals surface area contributed by atoms with E-state index in [1.54, 1.807) is 0 Å². The van der Waals surface area contributed by atoms with Crippen LogP contribution in [0.1, 0.15) is 12.8 Å². The van der Waals surface area contributed by atoms with Crippen molar-refractivity contribution in [1.82, 2.24) is 0 Å². The van der Waals surface area contributed by atoms with Crippen molar-refractivity contribution in [3.05, 3.63) is 0 Å². The standard InChI is InChI=1S/C8H13ClO3/c9-4-6-5-11-8(12-6)7-2-1-3-10-7/h6-8H,1-5H2. The molecule has 0 N–H and O–H groups in total. The Kier molecular flexibility index (Phi) is 2.86. The molecule has 3 unspecified atom stereocenters. The van der Waals surface area contributed by atoms with Crippen molar-refractivity contribution < 1.29 is 14.2 Å². The summed E-state index contributed by atoms with van der Waals surface area (Å²) in [6, 6.07) is 0. The number of halogens is 1. The SMILES string of the molecule is ClCC1COC(C2CCCO2)O1. The Hall–Kier alpha value is 0.170. The Morgan fingerprint density at radius 1 is 1.33 bits per heavy atom. The molecule has 0 aromatic carbocycles. The molecule has 0 radical (unpaired) electrons. The maximum atomic E-state index is 5.63. The van der Waals surface area contributed by atoms with Crippen LogP contribution in [0.5, 0.6) is 0 Å². The molecule has 3 nitrogen and oxygen atoms in total. The molecule has 4 heteroatoms. The van der Waals surface area contributed by atoms with E-state index in [9.17, 15) is 0 Å². The summed E-state index contributed by atoms with van der Waals surface area (Å²) in [5.41, 5.74) is 0.